The van der Waals surface area contributed by atoms with Gasteiger partial charge in [0.05, 0.1) is 16.6 Å². The van der Waals surface area contributed by atoms with Crippen LogP contribution >= 0.6 is 23.2 Å². The molecule has 6 heteroatoms. The molecule has 0 saturated carbocycles. The van der Waals surface area contributed by atoms with E-state index in [-0.39, 0.29) is 23.9 Å². The molecule has 1 atom stereocenters. The van der Waals surface area contributed by atoms with Crippen molar-refractivity contribution in [3.8, 4) is 0 Å². The van der Waals surface area contributed by atoms with Gasteiger partial charge in [0.15, 0.2) is 0 Å². The summed E-state index contributed by atoms with van der Waals surface area (Å²) in [4.78, 5) is 27.7. The number of carbonyl (C=O) groups is 2. The van der Waals surface area contributed by atoms with Gasteiger partial charge in [-0.15, -0.1) is 0 Å². The molecule has 0 radical (unpaired) electrons. The van der Waals surface area contributed by atoms with Crippen molar-refractivity contribution in [1.82, 2.24) is 4.90 Å². The van der Waals surface area contributed by atoms with Crippen molar-refractivity contribution in [3.05, 3.63) is 99.0 Å². The third-order valence-electron chi connectivity index (χ3n) is 4.94. The van der Waals surface area contributed by atoms with E-state index in [1.165, 1.54) is 6.07 Å². The van der Waals surface area contributed by atoms with Gasteiger partial charge in [0.1, 0.15) is 6.54 Å². The summed E-state index contributed by atoms with van der Waals surface area (Å²) in [6, 6.07) is 19.8. The molecule has 3 aromatic carbocycles. The highest BCUT2D eigenvalue weighted by molar-refractivity contribution is 6.35. The average Bonchev–Trinajstić information content (AvgIpc) is 2.85. The second-order valence-electron chi connectivity index (χ2n) is 7.01. The first-order valence-corrected chi connectivity index (χ1v) is 9.91. The highest BCUT2D eigenvalue weighted by atomic mass is 35.5. The van der Waals surface area contributed by atoms with Crippen LogP contribution in [0.2, 0.25) is 10.0 Å². The number of hydrogen-bond acceptors (Lipinski definition) is 2. The first-order chi connectivity index (χ1) is 13.9. The Kier molecular flexibility index (Phi) is 5.31. The number of aryl methyl sites for hydroxylation is 1. The van der Waals surface area contributed by atoms with Crippen LogP contribution < -0.4 is 5.32 Å². The predicted octanol–water partition coefficient (Wildman–Crippen LogP) is 5.49. The van der Waals surface area contributed by atoms with Gasteiger partial charge >= 0.3 is 0 Å². The molecule has 1 aliphatic heterocycles. The van der Waals surface area contributed by atoms with Crippen LogP contribution in [0.15, 0.2) is 66.7 Å². The summed E-state index contributed by atoms with van der Waals surface area (Å²) in [6.45, 7) is 1.88. The molecule has 0 saturated heterocycles. The van der Waals surface area contributed by atoms with Crippen molar-refractivity contribution >= 4 is 40.7 Å². The molecule has 0 aliphatic carbocycles. The Morgan fingerprint density at radius 2 is 1.79 bits per heavy atom. The van der Waals surface area contributed by atoms with Crippen LogP contribution in [0.4, 0.5) is 5.69 Å². The quantitative estimate of drug-likeness (QED) is 0.591. The molecule has 0 spiro atoms. The van der Waals surface area contributed by atoms with Gasteiger partial charge in [0, 0.05) is 16.3 Å². The molecule has 2 amide bonds. The molecule has 1 aliphatic rings. The zero-order valence-corrected chi connectivity index (χ0v) is 17.2. The van der Waals surface area contributed by atoms with Crippen molar-refractivity contribution in [3.63, 3.8) is 0 Å². The van der Waals surface area contributed by atoms with E-state index >= 15 is 0 Å². The smallest absolute Gasteiger partial charge is 0.256 e. The fourth-order valence-corrected chi connectivity index (χ4v) is 4.00. The Balaban J connectivity index is 1.91. The number of benzene rings is 3. The number of amides is 2. The van der Waals surface area contributed by atoms with Gasteiger partial charge in [-0.25, -0.2) is 0 Å². The fraction of sp³-hybridized carbons (Fsp3) is 0.130. The summed E-state index contributed by atoms with van der Waals surface area (Å²) in [5.74, 6) is -0.615. The van der Waals surface area contributed by atoms with Crippen LogP contribution in [0.25, 0.3) is 0 Å². The molecule has 0 aromatic heterocycles. The molecule has 1 N–H and O–H groups in total. The van der Waals surface area contributed by atoms with Gasteiger partial charge in [-0.3, -0.25) is 9.59 Å². The van der Waals surface area contributed by atoms with Crippen LogP contribution in [0.3, 0.4) is 0 Å². The van der Waals surface area contributed by atoms with Gasteiger partial charge in [-0.1, -0.05) is 71.2 Å². The maximum absolute atomic E-state index is 13.6. The first kappa shape index (κ1) is 19.5. The Labute approximate surface area is 179 Å². The SMILES string of the molecule is Cc1ccc2c(c1)C(c1ccccc1)N(C(=O)c1cc(Cl)ccc1Cl)CC(=O)N2. The summed E-state index contributed by atoms with van der Waals surface area (Å²) in [7, 11) is 0. The maximum atomic E-state index is 13.6. The fourth-order valence-electron chi connectivity index (χ4n) is 3.63. The Bertz CT molecular complexity index is 1100. The minimum Gasteiger partial charge on any atom is -0.324 e. The van der Waals surface area contributed by atoms with E-state index in [4.69, 9.17) is 23.2 Å². The van der Waals surface area contributed by atoms with Crippen LogP contribution in [0, 0.1) is 6.92 Å². The number of anilines is 1. The molecular weight excluding hydrogens is 407 g/mol. The van der Waals surface area contributed by atoms with Crippen molar-refractivity contribution in [2.24, 2.45) is 0 Å². The lowest BCUT2D eigenvalue weighted by Crippen LogP contribution is -2.39. The molecule has 0 fully saturated rings. The summed E-state index contributed by atoms with van der Waals surface area (Å²) in [6.07, 6.45) is 0. The number of carbonyl (C=O) groups excluding carboxylic acids is 2. The molecule has 3 aromatic rings. The standard InChI is InChI=1S/C23H18Cl2N2O2/c1-14-7-10-20-18(11-14)22(15-5-3-2-4-6-15)27(13-21(28)26-20)23(29)17-12-16(24)8-9-19(17)25/h2-12,22H,13H2,1H3,(H,26,28). The van der Waals surface area contributed by atoms with E-state index < -0.39 is 6.04 Å². The van der Waals surface area contributed by atoms with Crippen LogP contribution in [-0.2, 0) is 4.79 Å². The van der Waals surface area contributed by atoms with Crippen molar-refractivity contribution in [2.75, 3.05) is 11.9 Å². The zero-order chi connectivity index (χ0) is 20.5. The van der Waals surface area contributed by atoms with Gasteiger partial charge < -0.3 is 10.2 Å². The van der Waals surface area contributed by atoms with Crippen molar-refractivity contribution in [2.45, 2.75) is 13.0 Å². The Morgan fingerprint density at radius 3 is 2.55 bits per heavy atom. The number of fused-ring (bicyclic) bond motifs is 1. The predicted molar refractivity (Wildman–Crippen MR) is 116 cm³/mol. The third kappa shape index (κ3) is 3.86. The summed E-state index contributed by atoms with van der Waals surface area (Å²) < 4.78 is 0. The Morgan fingerprint density at radius 1 is 1.03 bits per heavy atom. The maximum Gasteiger partial charge on any atom is 0.256 e. The van der Waals surface area contributed by atoms with Crippen LogP contribution in [0.1, 0.15) is 33.1 Å². The minimum atomic E-state index is -0.451. The number of hydrogen-bond donors (Lipinski definition) is 1. The lowest BCUT2D eigenvalue weighted by atomic mass is 9.94. The average molecular weight is 425 g/mol. The van der Waals surface area contributed by atoms with E-state index in [1.807, 2.05) is 55.5 Å². The van der Waals surface area contributed by atoms with Gasteiger partial charge in [-0.2, -0.15) is 0 Å². The molecule has 4 rings (SSSR count). The number of nitrogens with one attached hydrogen (secondary N) is 1. The largest absolute Gasteiger partial charge is 0.324 e. The van der Waals surface area contributed by atoms with E-state index in [1.54, 1.807) is 17.0 Å². The molecule has 4 nitrogen and oxygen atoms in total. The van der Waals surface area contributed by atoms with Crippen molar-refractivity contribution in [1.29, 1.82) is 0 Å². The first-order valence-electron chi connectivity index (χ1n) is 9.15. The second-order valence-corrected chi connectivity index (χ2v) is 7.85. The minimum absolute atomic E-state index is 0.102. The summed E-state index contributed by atoms with van der Waals surface area (Å²) >= 11 is 12.4. The van der Waals surface area contributed by atoms with Crippen LogP contribution in [-0.4, -0.2) is 23.3 Å². The third-order valence-corrected chi connectivity index (χ3v) is 5.50. The van der Waals surface area contributed by atoms with Crippen molar-refractivity contribution < 1.29 is 9.59 Å². The Hall–Kier alpha value is -2.82. The lowest BCUT2D eigenvalue weighted by molar-refractivity contribution is -0.117. The van der Waals surface area contributed by atoms with Crippen LogP contribution in [0.5, 0.6) is 0 Å². The van der Waals surface area contributed by atoms with Gasteiger partial charge in [0.25, 0.3) is 5.91 Å². The normalized spacial score (nSPS) is 16.0. The number of nitrogens with zero attached hydrogens (tertiary/aromatic N) is 1. The number of rotatable bonds is 2. The van der Waals surface area contributed by atoms with Gasteiger partial charge in [-0.05, 0) is 36.8 Å². The van der Waals surface area contributed by atoms with E-state index in [9.17, 15) is 9.59 Å². The molecule has 1 unspecified atom stereocenters. The molecule has 1 heterocycles. The van der Waals surface area contributed by atoms with E-state index in [2.05, 4.69) is 5.32 Å². The molecule has 29 heavy (non-hydrogen) atoms. The van der Waals surface area contributed by atoms with Gasteiger partial charge in [0.2, 0.25) is 5.91 Å². The highest BCUT2D eigenvalue weighted by Crippen LogP contribution is 2.37. The van der Waals surface area contributed by atoms with E-state index in [0.29, 0.717) is 15.7 Å². The monoisotopic (exact) mass is 424 g/mol. The molecule has 146 valence electrons. The zero-order valence-electron chi connectivity index (χ0n) is 15.7. The second kappa shape index (κ2) is 7.90. The lowest BCUT2D eigenvalue weighted by Gasteiger charge is -2.31. The number of halogens is 2. The summed E-state index contributed by atoms with van der Waals surface area (Å²) in [5.41, 5.74) is 3.76. The molecular formula is C23H18Cl2N2O2. The van der Waals surface area contributed by atoms with E-state index in [0.717, 1.165) is 16.7 Å². The highest BCUT2D eigenvalue weighted by Gasteiger charge is 2.34. The topological polar surface area (TPSA) is 49.4 Å². The summed E-state index contributed by atoms with van der Waals surface area (Å²) in [5, 5.41) is 3.62. The molecule has 0 bridgehead atoms.